The molecule has 0 saturated heterocycles. The van der Waals surface area contributed by atoms with Crippen LogP contribution in [0.5, 0.6) is 0 Å². The number of carboxylic acid groups (broad SMARTS) is 1. The van der Waals surface area contributed by atoms with Gasteiger partial charge in [-0.05, 0) is 0 Å². The fraction of sp³-hybridized carbons (Fsp3) is 0.286. The topological polar surface area (TPSA) is 177 Å². The SMILES string of the molecule is NC(=O)CC(NC(=O)c1nc(N)n[nH]1)C(=O)O. The number of carbonyl (C=O) groups excluding carboxylic acids is 2. The van der Waals surface area contributed by atoms with Gasteiger partial charge in [-0.15, -0.1) is 5.10 Å². The molecule has 1 heterocycles. The summed E-state index contributed by atoms with van der Waals surface area (Å²) in [5.41, 5.74) is 10.0. The standard InChI is InChI=1S/C7H10N6O4/c8-3(14)1-2(6(16)17)10-5(15)4-11-7(9)13-12-4/h2H,1H2,(H2,8,14)(H,10,15)(H,16,17)(H3,9,11,12,13). The van der Waals surface area contributed by atoms with Crippen LogP contribution in [0, 0.1) is 0 Å². The second kappa shape index (κ2) is 4.92. The number of aromatic nitrogens is 3. The summed E-state index contributed by atoms with van der Waals surface area (Å²) in [5.74, 6) is -3.49. The molecule has 10 nitrogen and oxygen atoms in total. The molecule has 10 heteroatoms. The Bertz CT molecular complexity index is 455. The highest BCUT2D eigenvalue weighted by atomic mass is 16.4. The van der Waals surface area contributed by atoms with E-state index in [0.717, 1.165) is 0 Å². The van der Waals surface area contributed by atoms with Crippen LogP contribution in [-0.4, -0.2) is 44.1 Å². The van der Waals surface area contributed by atoms with Gasteiger partial charge in [0.2, 0.25) is 17.7 Å². The Morgan fingerprint density at radius 3 is 2.53 bits per heavy atom. The maximum absolute atomic E-state index is 11.4. The predicted octanol–water partition coefficient (Wildman–Crippen LogP) is -2.55. The number of nitrogens with zero attached hydrogens (tertiary/aromatic N) is 2. The van der Waals surface area contributed by atoms with E-state index in [-0.39, 0.29) is 11.8 Å². The summed E-state index contributed by atoms with van der Waals surface area (Å²) in [4.78, 5) is 36.2. The number of H-pyrrole nitrogens is 1. The summed E-state index contributed by atoms with van der Waals surface area (Å²) < 4.78 is 0. The van der Waals surface area contributed by atoms with Crippen molar-refractivity contribution in [2.24, 2.45) is 5.73 Å². The van der Waals surface area contributed by atoms with E-state index in [1.165, 1.54) is 0 Å². The quantitative estimate of drug-likeness (QED) is 0.377. The summed E-state index contributed by atoms with van der Waals surface area (Å²) in [6.45, 7) is 0. The fourth-order valence-electron chi connectivity index (χ4n) is 1.00. The summed E-state index contributed by atoms with van der Waals surface area (Å²) in [5, 5.41) is 16.4. The first-order chi connectivity index (χ1) is 7.90. The molecule has 1 atom stereocenters. The van der Waals surface area contributed by atoms with Crippen molar-refractivity contribution in [3.63, 3.8) is 0 Å². The number of aromatic amines is 1. The van der Waals surface area contributed by atoms with E-state index in [2.05, 4.69) is 15.2 Å². The first kappa shape index (κ1) is 12.4. The van der Waals surface area contributed by atoms with E-state index >= 15 is 0 Å². The van der Waals surface area contributed by atoms with Crippen LogP contribution in [0.4, 0.5) is 5.95 Å². The van der Waals surface area contributed by atoms with Crippen LogP contribution in [0.2, 0.25) is 0 Å². The summed E-state index contributed by atoms with van der Waals surface area (Å²) in [7, 11) is 0. The maximum atomic E-state index is 11.4. The van der Waals surface area contributed by atoms with Crippen molar-refractivity contribution in [1.29, 1.82) is 0 Å². The van der Waals surface area contributed by atoms with Gasteiger partial charge < -0.3 is 21.9 Å². The van der Waals surface area contributed by atoms with Gasteiger partial charge in [-0.3, -0.25) is 14.7 Å². The van der Waals surface area contributed by atoms with Crippen molar-refractivity contribution in [3.8, 4) is 0 Å². The molecular formula is C7H10N6O4. The molecule has 0 bridgehead atoms. The Hall–Kier alpha value is -2.65. The van der Waals surface area contributed by atoms with Crippen LogP contribution in [0.3, 0.4) is 0 Å². The smallest absolute Gasteiger partial charge is 0.326 e. The molecule has 0 aliphatic heterocycles. The molecule has 0 aromatic carbocycles. The molecule has 92 valence electrons. The molecule has 0 aliphatic rings. The lowest BCUT2D eigenvalue weighted by Gasteiger charge is -2.10. The van der Waals surface area contributed by atoms with Crippen molar-refractivity contribution in [2.45, 2.75) is 12.5 Å². The van der Waals surface area contributed by atoms with Crippen LogP contribution < -0.4 is 16.8 Å². The lowest BCUT2D eigenvalue weighted by Crippen LogP contribution is -2.43. The highest BCUT2D eigenvalue weighted by Crippen LogP contribution is 1.97. The molecule has 0 aliphatic carbocycles. The molecule has 0 fully saturated rings. The van der Waals surface area contributed by atoms with Gasteiger partial charge in [0, 0.05) is 0 Å². The third kappa shape index (κ3) is 3.44. The number of nitrogens with one attached hydrogen (secondary N) is 2. The zero-order chi connectivity index (χ0) is 13.0. The van der Waals surface area contributed by atoms with Gasteiger partial charge in [-0.1, -0.05) is 0 Å². The minimum absolute atomic E-state index is 0.156. The molecule has 17 heavy (non-hydrogen) atoms. The second-order valence-corrected chi connectivity index (χ2v) is 3.08. The molecular weight excluding hydrogens is 232 g/mol. The van der Waals surface area contributed by atoms with Crippen molar-refractivity contribution in [3.05, 3.63) is 5.82 Å². The van der Waals surface area contributed by atoms with E-state index < -0.39 is 30.2 Å². The third-order valence-corrected chi connectivity index (χ3v) is 1.73. The van der Waals surface area contributed by atoms with Crippen molar-refractivity contribution >= 4 is 23.7 Å². The second-order valence-electron chi connectivity index (χ2n) is 3.08. The molecule has 1 unspecified atom stereocenters. The minimum Gasteiger partial charge on any atom is -0.480 e. The van der Waals surface area contributed by atoms with Crippen LogP contribution in [0.15, 0.2) is 0 Å². The number of carbonyl (C=O) groups is 3. The Morgan fingerprint density at radius 1 is 1.47 bits per heavy atom. The van der Waals surface area contributed by atoms with Crippen LogP contribution in [0.25, 0.3) is 0 Å². The molecule has 1 rings (SSSR count). The zero-order valence-electron chi connectivity index (χ0n) is 8.51. The number of hydrogen-bond acceptors (Lipinski definition) is 6. The Kier molecular flexibility index (Phi) is 3.59. The summed E-state index contributed by atoms with van der Waals surface area (Å²) in [6.07, 6.45) is -0.523. The molecule has 0 spiro atoms. The summed E-state index contributed by atoms with van der Waals surface area (Å²) >= 11 is 0. The molecule has 1 aromatic rings. The van der Waals surface area contributed by atoms with E-state index in [9.17, 15) is 14.4 Å². The van der Waals surface area contributed by atoms with E-state index in [4.69, 9.17) is 16.6 Å². The zero-order valence-corrected chi connectivity index (χ0v) is 8.51. The van der Waals surface area contributed by atoms with Crippen LogP contribution in [0.1, 0.15) is 17.0 Å². The van der Waals surface area contributed by atoms with Gasteiger partial charge in [0.25, 0.3) is 5.91 Å². The molecule has 7 N–H and O–H groups in total. The monoisotopic (exact) mass is 242 g/mol. The van der Waals surface area contributed by atoms with E-state index in [0.29, 0.717) is 0 Å². The maximum Gasteiger partial charge on any atom is 0.326 e. The molecule has 2 amide bonds. The first-order valence-electron chi connectivity index (χ1n) is 4.40. The highest BCUT2D eigenvalue weighted by Gasteiger charge is 2.24. The van der Waals surface area contributed by atoms with Crippen LogP contribution >= 0.6 is 0 Å². The largest absolute Gasteiger partial charge is 0.480 e. The number of amides is 2. The average molecular weight is 242 g/mol. The van der Waals surface area contributed by atoms with Crippen molar-refractivity contribution < 1.29 is 19.5 Å². The number of aliphatic carboxylic acids is 1. The van der Waals surface area contributed by atoms with Crippen LogP contribution in [-0.2, 0) is 9.59 Å². The van der Waals surface area contributed by atoms with Gasteiger partial charge in [0.15, 0.2) is 0 Å². The number of anilines is 1. The van der Waals surface area contributed by atoms with E-state index in [1.807, 2.05) is 5.32 Å². The van der Waals surface area contributed by atoms with Gasteiger partial charge in [-0.2, -0.15) is 4.98 Å². The predicted molar refractivity (Wildman–Crippen MR) is 53.5 cm³/mol. The molecule has 1 aromatic heterocycles. The van der Waals surface area contributed by atoms with Crippen molar-refractivity contribution in [2.75, 3.05) is 5.73 Å². The number of nitrogens with two attached hydrogens (primary N) is 2. The number of rotatable bonds is 5. The number of hydrogen-bond donors (Lipinski definition) is 5. The normalized spacial score (nSPS) is 11.8. The van der Waals surface area contributed by atoms with Gasteiger partial charge in [0.05, 0.1) is 6.42 Å². The third-order valence-electron chi connectivity index (χ3n) is 1.73. The van der Waals surface area contributed by atoms with Crippen molar-refractivity contribution in [1.82, 2.24) is 20.5 Å². The molecule has 0 radical (unpaired) electrons. The fourth-order valence-corrected chi connectivity index (χ4v) is 1.00. The first-order valence-corrected chi connectivity index (χ1v) is 4.40. The Labute approximate surface area is 94.4 Å². The van der Waals surface area contributed by atoms with Gasteiger partial charge >= 0.3 is 5.97 Å². The minimum atomic E-state index is -1.42. The Balaban J connectivity index is 2.70. The van der Waals surface area contributed by atoms with E-state index in [1.54, 1.807) is 0 Å². The summed E-state index contributed by atoms with van der Waals surface area (Å²) in [6, 6.07) is -1.42. The number of carboxylic acids is 1. The van der Waals surface area contributed by atoms with Gasteiger partial charge in [0.1, 0.15) is 6.04 Å². The van der Waals surface area contributed by atoms with Gasteiger partial charge in [-0.25, -0.2) is 4.79 Å². The number of primary amides is 1. The Morgan fingerprint density at radius 2 is 2.12 bits per heavy atom. The highest BCUT2D eigenvalue weighted by molar-refractivity contribution is 5.95. The lowest BCUT2D eigenvalue weighted by molar-refractivity contribution is -0.140. The lowest BCUT2D eigenvalue weighted by atomic mass is 10.2. The molecule has 0 saturated carbocycles. The number of nitrogen functional groups attached to an aromatic ring is 1. The average Bonchev–Trinajstić information content (AvgIpc) is 2.63.